The topological polar surface area (TPSA) is 81.9 Å². The van der Waals surface area contributed by atoms with Crippen molar-refractivity contribution in [2.75, 3.05) is 19.7 Å². The molecule has 0 saturated carbocycles. The van der Waals surface area contributed by atoms with Crippen molar-refractivity contribution in [1.29, 1.82) is 0 Å². The van der Waals surface area contributed by atoms with E-state index in [1.165, 1.54) is 18.5 Å². The predicted molar refractivity (Wildman–Crippen MR) is 107 cm³/mol. The molecule has 7 nitrogen and oxygen atoms in total. The Balaban J connectivity index is 0.00000289. The number of nitrogens with one attached hydrogen (secondary N) is 1. The normalized spacial score (nSPS) is 16.4. The average Bonchev–Trinajstić information content (AvgIpc) is 3.25. The monoisotopic (exact) mass is 471 g/mol. The van der Waals surface area contributed by atoms with Crippen molar-refractivity contribution in [3.63, 3.8) is 0 Å². The summed E-state index contributed by atoms with van der Waals surface area (Å²) in [6.45, 7) is 1.71. The van der Waals surface area contributed by atoms with Gasteiger partial charge in [-0.3, -0.25) is 9.78 Å². The number of carbonyl (C=O) groups is 1. The smallest absolute Gasteiger partial charge is 0.371 e. The number of rotatable bonds is 5. The molecule has 1 fully saturated rings. The second kappa shape index (κ2) is 9.72. The van der Waals surface area contributed by atoms with Crippen molar-refractivity contribution >= 4 is 18.2 Å². The summed E-state index contributed by atoms with van der Waals surface area (Å²) in [5, 5.41) is 7.02. The first kappa shape index (κ1) is 23.8. The summed E-state index contributed by atoms with van der Waals surface area (Å²) in [4.78, 5) is 19.5. The van der Waals surface area contributed by atoms with Crippen LogP contribution >= 0.6 is 12.4 Å². The fourth-order valence-corrected chi connectivity index (χ4v) is 3.19. The molecule has 1 aliphatic rings. The van der Waals surface area contributed by atoms with Crippen LogP contribution in [0.5, 0.6) is 0 Å². The molecule has 3 aromatic rings. The summed E-state index contributed by atoms with van der Waals surface area (Å²) in [5.41, 5.74) is -0.134. The average molecular weight is 472 g/mol. The Hall–Kier alpha value is -2.89. The van der Waals surface area contributed by atoms with Crippen molar-refractivity contribution in [2.24, 2.45) is 0 Å². The number of nitrogens with zero attached hydrogens (tertiary/aromatic N) is 4. The molecule has 1 aliphatic heterocycles. The number of benzene rings is 1. The molecule has 2 aromatic heterocycles. The van der Waals surface area contributed by atoms with Crippen LogP contribution in [0.4, 0.5) is 17.6 Å². The van der Waals surface area contributed by atoms with Crippen LogP contribution in [0.15, 0.2) is 43.0 Å². The minimum atomic E-state index is -4.65. The first-order valence-electron chi connectivity index (χ1n) is 9.39. The minimum absolute atomic E-state index is 0. The van der Waals surface area contributed by atoms with Crippen molar-refractivity contribution < 1.29 is 27.1 Å². The van der Waals surface area contributed by atoms with Crippen molar-refractivity contribution in [3.05, 3.63) is 71.2 Å². The van der Waals surface area contributed by atoms with E-state index in [0.717, 1.165) is 10.9 Å². The third kappa shape index (κ3) is 5.29. The molecule has 1 atom stereocenters. The van der Waals surface area contributed by atoms with Gasteiger partial charge < -0.3 is 10.1 Å². The molecule has 32 heavy (non-hydrogen) atoms. The Bertz CT molecular complexity index is 1100. The number of ketones is 1. The first-order chi connectivity index (χ1) is 14.8. The predicted octanol–water partition coefficient (Wildman–Crippen LogP) is 3.33. The zero-order chi connectivity index (χ0) is 22.0. The number of hydrogen-bond donors (Lipinski definition) is 1. The molecule has 170 valence electrons. The van der Waals surface area contributed by atoms with Crippen molar-refractivity contribution in [3.8, 4) is 5.82 Å². The molecule has 12 heteroatoms. The second-order valence-electron chi connectivity index (χ2n) is 6.95. The number of carbonyl (C=O) groups excluding carboxylic acids is 1. The lowest BCUT2D eigenvalue weighted by Gasteiger charge is -2.24. The van der Waals surface area contributed by atoms with Gasteiger partial charge in [0, 0.05) is 31.3 Å². The molecule has 0 spiro atoms. The molecule has 1 N–H and O–H groups in total. The molecule has 0 unspecified atom stereocenters. The van der Waals surface area contributed by atoms with Crippen LogP contribution in [0, 0.1) is 5.82 Å². The first-order valence-corrected chi connectivity index (χ1v) is 9.39. The highest BCUT2D eigenvalue weighted by Crippen LogP contribution is 2.27. The molecule has 0 aliphatic carbocycles. The highest BCUT2D eigenvalue weighted by molar-refractivity contribution is 5.97. The number of hydrogen-bond acceptors (Lipinski definition) is 6. The fourth-order valence-electron chi connectivity index (χ4n) is 3.19. The number of alkyl halides is 3. The molecule has 1 saturated heterocycles. The summed E-state index contributed by atoms with van der Waals surface area (Å²) >= 11 is 0. The largest absolute Gasteiger partial charge is 0.434 e. The quantitative estimate of drug-likeness (QED) is 0.454. The van der Waals surface area contributed by atoms with Gasteiger partial charge in [0.15, 0.2) is 17.3 Å². The maximum absolute atomic E-state index is 14.5. The van der Waals surface area contributed by atoms with Gasteiger partial charge in [-0.05, 0) is 11.6 Å². The Kier molecular flexibility index (Phi) is 7.22. The second-order valence-corrected chi connectivity index (χ2v) is 6.95. The van der Waals surface area contributed by atoms with Gasteiger partial charge in [0.05, 0.1) is 36.9 Å². The van der Waals surface area contributed by atoms with E-state index >= 15 is 0 Å². The Labute approximate surface area is 186 Å². The highest BCUT2D eigenvalue weighted by atomic mass is 35.5. The third-order valence-corrected chi connectivity index (χ3v) is 4.76. The van der Waals surface area contributed by atoms with Crippen LogP contribution in [0.2, 0.25) is 0 Å². The summed E-state index contributed by atoms with van der Waals surface area (Å²) in [6, 6.07) is 4.53. The van der Waals surface area contributed by atoms with Crippen LogP contribution in [0.1, 0.15) is 33.3 Å². The number of halogens is 5. The summed E-state index contributed by atoms with van der Waals surface area (Å²) in [5.74, 6) is -1.01. The zero-order valence-corrected chi connectivity index (χ0v) is 17.3. The maximum Gasteiger partial charge on any atom is 0.434 e. The van der Waals surface area contributed by atoms with Gasteiger partial charge in [-0.2, -0.15) is 18.3 Å². The maximum atomic E-state index is 14.5. The van der Waals surface area contributed by atoms with E-state index in [9.17, 15) is 22.4 Å². The summed E-state index contributed by atoms with van der Waals surface area (Å²) < 4.78 is 59.5. The molecular weight excluding hydrogens is 454 g/mol. The molecule has 4 rings (SSSR count). The number of Topliss-reactive ketones (excluding diaryl/α,β-unsaturated/α-hetero) is 1. The van der Waals surface area contributed by atoms with E-state index < -0.39 is 17.7 Å². The van der Waals surface area contributed by atoms with Gasteiger partial charge >= 0.3 is 6.18 Å². The van der Waals surface area contributed by atoms with Crippen LogP contribution in [0.25, 0.3) is 5.82 Å². The van der Waals surface area contributed by atoms with E-state index in [1.807, 2.05) is 0 Å². The Morgan fingerprint density at radius 3 is 2.75 bits per heavy atom. The van der Waals surface area contributed by atoms with Crippen molar-refractivity contribution in [2.45, 2.75) is 18.7 Å². The lowest BCUT2D eigenvalue weighted by atomic mass is 10.0. The Morgan fingerprint density at radius 1 is 1.25 bits per heavy atom. The van der Waals surface area contributed by atoms with Gasteiger partial charge in [-0.15, -0.1) is 12.4 Å². The summed E-state index contributed by atoms with van der Waals surface area (Å²) in [6.07, 6.45) is -0.941. The minimum Gasteiger partial charge on any atom is -0.371 e. The Morgan fingerprint density at radius 2 is 2.06 bits per heavy atom. The SMILES string of the molecule is Cl.O=C(Cc1ccc([C@H]2CNCCO2)c(F)c1)c1cnn(-c2cncc(C(F)(F)F)n2)c1. The number of aromatic nitrogens is 4. The number of morpholine rings is 1. The standard InChI is InChI=1S/C20H17F4N5O2.ClH/c21-15-5-12(1-2-14(15)17-8-25-3-4-31-17)6-16(30)13-7-27-29(11-13)19-10-26-9-18(28-19)20(22,23)24;/h1-2,5,7,9-11,17,25H,3-4,6,8H2;1H/t17-;/m1./s1. The van der Waals surface area contributed by atoms with E-state index in [2.05, 4.69) is 20.4 Å². The van der Waals surface area contributed by atoms with E-state index in [-0.39, 0.29) is 42.1 Å². The fraction of sp³-hybridized carbons (Fsp3) is 0.300. The molecule has 0 amide bonds. The van der Waals surface area contributed by atoms with E-state index in [4.69, 9.17) is 4.74 Å². The molecular formula is C20H18ClF4N5O2. The molecule has 3 heterocycles. The molecule has 0 bridgehead atoms. The van der Waals surface area contributed by atoms with E-state index in [1.54, 1.807) is 12.1 Å². The number of ether oxygens (including phenoxy) is 1. The highest BCUT2D eigenvalue weighted by Gasteiger charge is 2.33. The van der Waals surface area contributed by atoms with Gasteiger partial charge in [-0.25, -0.2) is 14.1 Å². The lowest BCUT2D eigenvalue weighted by molar-refractivity contribution is -0.141. The van der Waals surface area contributed by atoms with E-state index in [0.29, 0.717) is 37.0 Å². The lowest BCUT2D eigenvalue weighted by Crippen LogP contribution is -2.33. The van der Waals surface area contributed by atoms with Gasteiger partial charge in [0.1, 0.15) is 5.82 Å². The van der Waals surface area contributed by atoms with Crippen LogP contribution < -0.4 is 5.32 Å². The van der Waals surface area contributed by atoms with Crippen molar-refractivity contribution in [1.82, 2.24) is 25.1 Å². The van der Waals surface area contributed by atoms with Gasteiger partial charge in [0.25, 0.3) is 0 Å². The van der Waals surface area contributed by atoms with Crippen LogP contribution in [-0.2, 0) is 17.3 Å². The summed E-state index contributed by atoms with van der Waals surface area (Å²) in [7, 11) is 0. The molecule has 0 radical (unpaired) electrons. The zero-order valence-electron chi connectivity index (χ0n) is 16.5. The van der Waals surface area contributed by atoms with Crippen LogP contribution in [-0.4, -0.2) is 45.2 Å². The molecule has 1 aromatic carbocycles. The van der Waals surface area contributed by atoms with Gasteiger partial charge in [-0.1, -0.05) is 12.1 Å². The van der Waals surface area contributed by atoms with Gasteiger partial charge in [0.2, 0.25) is 0 Å². The third-order valence-electron chi connectivity index (χ3n) is 4.76. The van der Waals surface area contributed by atoms with Crippen LogP contribution in [0.3, 0.4) is 0 Å².